The molecule has 3 rings (SSSR count). The number of rotatable bonds is 2. The number of hydrogen-bond acceptors (Lipinski definition) is 2. The molecule has 1 aliphatic heterocycles. The summed E-state index contributed by atoms with van der Waals surface area (Å²) in [5.41, 5.74) is 4.77. The number of hydrogen-bond donors (Lipinski definition) is 0. The van der Waals surface area contributed by atoms with Crippen LogP contribution in [0.3, 0.4) is 0 Å². The molecule has 0 spiro atoms. The highest BCUT2D eigenvalue weighted by molar-refractivity contribution is 9.10. The predicted molar refractivity (Wildman–Crippen MR) is 77.2 cm³/mol. The monoisotopic (exact) mass is 316 g/mol. The van der Waals surface area contributed by atoms with Gasteiger partial charge >= 0.3 is 0 Å². The van der Waals surface area contributed by atoms with Crippen molar-refractivity contribution >= 4 is 21.7 Å². The Labute approximate surface area is 120 Å². The van der Waals surface area contributed by atoms with E-state index >= 15 is 0 Å². The highest BCUT2D eigenvalue weighted by Gasteiger charge is 2.16. The number of benzene rings is 2. The molecule has 0 amide bonds. The summed E-state index contributed by atoms with van der Waals surface area (Å²) in [6.45, 7) is 3.21. The van der Waals surface area contributed by atoms with Crippen molar-refractivity contribution in [2.24, 2.45) is 0 Å². The molecule has 0 fully saturated rings. The highest BCUT2D eigenvalue weighted by Crippen LogP contribution is 2.24. The van der Waals surface area contributed by atoms with Gasteiger partial charge in [0, 0.05) is 15.6 Å². The molecule has 0 unspecified atom stereocenters. The number of fused-ring (bicyclic) bond motifs is 1. The van der Waals surface area contributed by atoms with E-state index in [0.29, 0.717) is 13.2 Å². The highest BCUT2D eigenvalue weighted by atomic mass is 79.9. The van der Waals surface area contributed by atoms with Gasteiger partial charge in [-0.05, 0) is 41.8 Å². The van der Waals surface area contributed by atoms with Gasteiger partial charge in [0.25, 0.3) is 0 Å². The van der Waals surface area contributed by atoms with Crippen molar-refractivity contribution < 1.29 is 9.53 Å². The minimum Gasteiger partial charge on any atom is -0.372 e. The zero-order valence-corrected chi connectivity index (χ0v) is 12.2. The molecule has 0 bridgehead atoms. The first kappa shape index (κ1) is 12.6. The molecule has 0 aliphatic carbocycles. The van der Waals surface area contributed by atoms with Gasteiger partial charge in [0.15, 0.2) is 5.78 Å². The lowest BCUT2D eigenvalue weighted by atomic mass is 9.97. The molecule has 0 aromatic heterocycles. The number of ketones is 1. The minimum absolute atomic E-state index is 0.0634. The van der Waals surface area contributed by atoms with Gasteiger partial charge in [-0.2, -0.15) is 0 Å². The first-order chi connectivity index (χ1) is 9.15. The van der Waals surface area contributed by atoms with E-state index in [0.717, 1.165) is 26.7 Å². The summed E-state index contributed by atoms with van der Waals surface area (Å²) in [6, 6.07) is 11.6. The van der Waals surface area contributed by atoms with Crippen molar-refractivity contribution in [1.29, 1.82) is 0 Å². The van der Waals surface area contributed by atoms with Crippen LogP contribution in [0, 0.1) is 6.92 Å². The van der Waals surface area contributed by atoms with Crippen molar-refractivity contribution in [3.8, 4) is 0 Å². The fourth-order valence-corrected chi connectivity index (χ4v) is 2.67. The fourth-order valence-electron chi connectivity index (χ4n) is 2.31. The SMILES string of the molecule is Cc1ccc(Br)cc1C(=O)c1ccc2c(c1)COC2. The van der Waals surface area contributed by atoms with Gasteiger partial charge in [-0.15, -0.1) is 0 Å². The molecule has 1 heterocycles. The lowest BCUT2D eigenvalue weighted by Crippen LogP contribution is -2.04. The summed E-state index contributed by atoms with van der Waals surface area (Å²) in [5.74, 6) is 0.0634. The largest absolute Gasteiger partial charge is 0.372 e. The minimum atomic E-state index is 0.0634. The Morgan fingerprint density at radius 3 is 2.74 bits per heavy atom. The van der Waals surface area contributed by atoms with Gasteiger partial charge in [0.1, 0.15) is 0 Å². The summed E-state index contributed by atoms with van der Waals surface area (Å²) in [5, 5.41) is 0. The van der Waals surface area contributed by atoms with E-state index in [2.05, 4.69) is 15.9 Å². The molecule has 0 radical (unpaired) electrons. The van der Waals surface area contributed by atoms with E-state index in [9.17, 15) is 4.79 Å². The number of halogens is 1. The summed E-state index contributed by atoms with van der Waals surface area (Å²) in [6.07, 6.45) is 0. The normalized spacial score (nSPS) is 13.4. The van der Waals surface area contributed by atoms with Crippen LogP contribution in [0.25, 0.3) is 0 Å². The van der Waals surface area contributed by atoms with Gasteiger partial charge in [0.05, 0.1) is 13.2 Å². The van der Waals surface area contributed by atoms with Gasteiger partial charge < -0.3 is 4.74 Å². The molecule has 2 nitrogen and oxygen atoms in total. The van der Waals surface area contributed by atoms with Crippen LogP contribution in [-0.4, -0.2) is 5.78 Å². The van der Waals surface area contributed by atoms with Crippen molar-refractivity contribution in [3.63, 3.8) is 0 Å². The number of carbonyl (C=O) groups excluding carboxylic acids is 1. The second kappa shape index (κ2) is 4.91. The molecule has 3 heteroatoms. The Bertz CT molecular complexity index is 662. The Hall–Kier alpha value is -1.45. The Morgan fingerprint density at radius 1 is 1.11 bits per heavy atom. The number of aryl methyl sites for hydroxylation is 1. The van der Waals surface area contributed by atoms with Crippen LogP contribution >= 0.6 is 15.9 Å². The van der Waals surface area contributed by atoms with E-state index < -0.39 is 0 Å². The smallest absolute Gasteiger partial charge is 0.193 e. The second-order valence-corrected chi connectivity index (χ2v) is 5.68. The lowest BCUT2D eigenvalue weighted by molar-refractivity contribution is 0.103. The van der Waals surface area contributed by atoms with Crippen LogP contribution in [0.1, 0.15) is 32.6 Å². The van der Waals surface area contributed by atoms with Crippen molar-refractivity contribution in [2.75, 3.05) is 0 Å². The van der Waals surface area contributed by atoms with Crippen molar-refractivity contribution in [2.45, 2.75) is 20.1 Å². The average Bonchev–Trinajstić information content (AvgIpc) is 2.88. The maximum absolute atomic E-state index is 12.6. The van der Waals surface area contributed by atoms with E-state index in [1.807, 2.05) is 43.3 Å². The van der Waals surface area contributed by atoms with E-state index in [1.54, 1.807) is 0 Å². The summed E-state index contributed by atoms with van der Waals surface area (Å²) < 4.78 is 6.30. The Balaban J connectivity index is 2.02. The molecular weight excluding hydrogens is 304 g/mol. The zero-order valence-electron chi connectivity index (χ0n) is 10.6. The van der Waals surface area contributed by atoms with E-state index in [1.165, 1.54) is 5.56 Å². The maximum Gasteiger partial charge on any atom is 0.193 e. The number of ether oxygens (including phenoxy) is 1. The zero-order chi connectivity index (χ0) is 13.4. The van der Waals surface area contributed by atoms with E-state index in [-0.39, 0.29) is 5.78 Å². The van der Waals surface area contributed by atoms with Crippen molar-refractivity contribution in [3.05, 3.63) is 68.7 Å². The topological polar surface area (TPSA) is 26.3 Å². The second-order valence-electron chi connectivity index (χ2n) is 4.76. The molecule has 1 aliphatic rings. The standard InChI is InChI=1S/C16H13BrO2/c1-10-2-5-14(17)7-15(10)16(18)11-3-4-12-8-19-9-13(12)6-11/h2-7H,8-9H2,1H3. The molecule has 0 saturated carbocycles. The van der Waals surface area contributed by atoms with Gasteiger partial charge in [0.2, 0.25) is 0 Å². The third-order valence-electron chi connectivity index (χ3n) is 3.43. The summed E-state index contributed by atoms with van der Waals surface area (Å²) >= 11 is 3.41. The van der Waals surface area contributed by atoms with Crippen molar-refractivity contribution in [1.82, 2.24) is 0 Å². The molecule has 2 aromatic rings. The van der Waals surface area contributed by atoms with Crippen LogP contribution in [0.4, 0.5) is 0 Å². The van der Waals surface area contributed by atoms with Crippen LogP contribution in [0.2, 0.25) is 0 Å². The lowest BCUT2D eigenvalue weighted by Gasteiger charge is -2.07. The predicted octanol–water partition coefficient (Wildman–Crippen LogP) is 4.02. The molecule has 0 atom stereocenters. The van der Waals surface area contributed by atoms with Gasteiger partial charge in [-0.1, -0.05) is 34.1 Å². The molecule has 0 N–H and O–H groups in total. The first-order valence-electron chi connectivity index (χ1n) is 6.15. The third kappa shape index (κ3) is 2.36. The summed E-state index contributed by atoms with van der Waals surface area (Å²) in [7, 11) is 0. The average molecular weight is 317 g/mol. The maximum atomic E-state index is 12.6. The number of carbonyl (C=O) groups is 1. The van der Waals surface area contributed by atoms with E-state index in [4.69, 9.17) is 4.74 Å². The summed E-state index contributed by atoms with van der Waals surface area (Å²) in [4.78, 5) is 12.6. The van der Waals surface area contributed by atoms with Crippen LogP contribution in [-0.2, 0) is 18.0 Å². The molecular formula is C16H13BrO2. The van der Waals surface area contributed by atoms with Crippen LogP contribution < -0.4 is 0 Å². The first-order valence-corrected chi connectivity index (χ1v) is 6.95. The molecule has 0 saturated heterocycles. The Morgan fingerprint density at radius 2 is 1.89 bits per heavy atom. The van der Waals surface area contributed by atoms with Crippen LogP contribution in [0.15, 0.2) is 40.9 Å². The van der Waals surface area contributed by atoms with Gasteiger partial charge in [-0.25, -0.2) is 0 Å². The Kier molecular flexibility index (Phi) is 3.25. The van der Waals surface area contributed by atoms with Gasteiger partial charge in [-0.3, -0.25) is 4.79 Å². The fraction of sp³-hybridized carbons (Fsp3) is 0.188. The quantitative estimate of drug-likeness (QED) is 0.782. The van der Waals surface area contributed by atoms with Crippen LogP contribution in [0.5, 0.6) is 0 Å². The molecule has 96 valence electrons. The molecule has 2 aromatic carbocycles. The molecule has 19 heavy (non-hydrogen) atoms. The third-order valence-corrected chi connectivity index (χ3v) is 3.92.